The normalized spacial score (nSPS) is 21.5. The summed E-state index contributed by atoms with van der Waals surface area (Å²) in [5.74, 6) is 0.745. The lowest BCUT2D eigenvalue weighted by Gasteiger charge is -2.23. The molecule has 0 saturated heterocycles. The summed E-state index contributed by atoms with van der Waals surface area (Å²) in [6.07, 6.45) is 7.61. The summed E-state index contributed by atoms with van der Waals surface area (Å²) in [6, 6.07) is 0.175. The molecule has 0 aromatic carbocycles. The second kappa shape index (κ2) is 5.99. The van der Waals surface area contributed by atoms with E-state index in [0.29, 0.717) is 34.4 Å². The Hall–Kier alpha value is -1.83. The van der Waals surface area contributed by atoms with Crippen LogP contribution in [0.15, 0.2) is 16.1 Å². The van der Waals surface area contributed by atoms with Gasteiger partial charge in [0.25, 0.3) is 5.56 Å². The number of aromatic amines is 1. The molecule has 2 N–H and O–H groups in total. The number of hydrogen-bond acceptors (Lipinski definition) is 5. The van der Waals surface area contributed by atoms with Gasteiger partial charge in [-0.2, -0.15) is 5.10 Å². The van der Waals surface area contributed by atoms with Crippen LogP contribution in [0.2, 0.25) is 0 Å². The first-order chi connectivity index (χ1) is 11.2. The summed E-state index contributed by atoms with van der Waals surface area (Å²) in [7, 11) is 0. The molecule has 1 saturated carbocycles. The summed E-state index contributed by atoms with van der Waals surface area (Å²) in [4.78, 5) is 29.3. The molecule has 2 aliphatic rings. The molecular formula is C15H19N5O2S. The van der Waals surface area contributed by atoms with Gasteiger partial charge in [-0.15, -0.1) is 0 Å². The Morgan fingerprint density at radius 2 is 2.22 bits per heavy atom. The smallest absolute Gasteiger partial charge is 0.265 e. The third kappa shape index (κ3) is 2.75. The first-order valence-corrected chi connectivity index (χ1v) is 9.08. The Morgan fingerprint density at radius 3 is 3.04 bits per heavy atom. The van der Waals surface area contributed by atoms with E-state index < -0.39 is 0 Å². The van der Waals surface area contributed by atoms with Gasteiger partial charge in [-0.3, -0.25) is 19.3 Å². The molecule has 0 radical (unpaired) electrons. The van der Waals surface area contributed by atoms with E-state index in [1.54, 1.807) is 4.57 Å². The highest BCUT2D eigenvalue weighted by atomic mass is 32.2. The number of carbonyl (C=O) groups excluding carboxylic acids is 1. The van der Waals surface area contributed by atoms with Gasteiger partial charge in [-0.1, -0.05) is 31.0 Å². The van der Waals surface area contributed by atoms with Crippen molar-refractivity contribution in [2.24, 2.45) is 0 Å². The van der Waals surface area contributed by atoms with E-state index in [1.165, 1.54) is 37.2 Å². The number of aromatic nitrogens is 4. The Labute approximate surface area is 137 Å². The molecule has 4 rings (SSSR count). The Bertz CT molecular complexity index is 793. The lowest BCUT2D eigenvalue weighted by molar-refractivity contribution is -0.122. The molecule has 1 atom stereocenters. The summed E-state index contributed by atoms with van der Waals surface area (Å²) in [5, 5.41) is 10.9. The van der Waals surface area contributed by atoms with Gasteiger partial charge in [0.1, 0.15) is 5.39 Å². The molecule has 0 bridgehead atoms. The van der Waals surface area contributed by atoms with Crippen LogP contribution in [0.3, 0.4) is 0 Å². The van der Waals surface area contributed by atoms with E-state index in [1.807, 2.05) is 0 Å². The molecule has 1 fully saturated rings. The van der Waals surface area contributed by atoms with Crippen LogP contribution in [0.4, 0.5) is 0 Å². The molecule has 1 unspecified atom stereocenters. The molecule has 2 aromatic heterocycles. The fraction of sp³-hybridized carbons (Fsp3) is 0.600. The van der Waals surface area contributed by atoms with Gasteiger partial charge in [0.2, 0.25) is 5.91 Å². The Kier molecular flexibility index (Phi) is 3.84. The number of thioether (sulfide) groups is 1. The summed E-state index contributed by atoms with van der Waals surface area (Å²) < 4.78 is 1.66. The molecule has 122 valence electrons. The topological polar surface area (TPSA) is 92.7 Å². The minimum Gasteiger partial charge on any atom is -0.353 e. The van der Waals surface area contributed by atoms with Gasteiger partial charge in [-0.05, 0) is 12.8 Å². The summed E-state index contributed by atoms with van der Waals surface area (Å²) in [6.45, 7) is 0. The van der Waals surface area contributed by atoms with E-state index in [0.717, 1.165) is 12.8 Å². The number of nitrogens with one attached hydrogen (secondary N) is 2. The number of rotatable bonds is 3. The molecule has 3 heterocycles. The Balaban J connectivity index is 1.51. The van der Waals surface area contributed by atoms with Crippen LogP contribution in [0.5, 0.6) is 0 Å². The number of fused-ring (bicyclic) bond motifs is 2. The molecular weight excluding hydrogens is 314 g/mol. The lowest BCUT2D eigenvalue weighted by Crippen LogP contribution is -2.38. The number of H-pyrrole nitrogens is 1. The highest BCUT2D eigenvalue weighted by Gasteiger charge is 2.29. The van der Waals surface area contributed by atoms with Gasteiger partial charge in [0.05, 0.1) is 12.2 Å². The lowest BCUT2D eigenvalue weighted by atomic mass is 9.95. The molecule has 0 spiro atoms. The first kappa shape index (κ1) is 14.7. The predicted molar refractivity (Wildman–Crippen MR) is 87.5 cm³/mol. The Morgan fingerprint density at radius 1 is 1.39 bits per heavy atom. The van der Waals surface area contributed by atoms with Crippen molar-refractivity contribution in [3.63, 3.8) is 0 Å². The van der Waals surface area contributed by atoms with Gasteiger partial charge in [0.15, 0.2) is 10.8 Å². The minimum atomic E-state index is -0.127. The van der Waals surface area contributed by atoms with E-state index in [4.69, 9.17) is 0 Å². The van der Waals surface area contributed by atoms with Gasteiger partial charge in [0, 0.05) is 18.2 Å². The molecule has 23 heavy (non-hydrogen) atoms. The fourth-order valence-electron chi connectivity index (χ4n) is 3.45. The monoisotopic (exact) mass is 333 g/mol. The van der Waals surface area contributed by atoms with Crippen molar-refractivity contribution in [2.45, 2.75) is 55.8 Å². The molecule has 1 amide bonds. The number of hydrogen-bond donors (Lipinski definition) is 2. The van der Waals surface area contributed by atoms with E-state index >= 15 is 0 Å². The number of nitrogens with zero attached hydrogens (tertiary/aromatic N) is 3. The minimum absolute atomic E-state index is 0.0366. The third-order valence-electron chi connectivity index (χ3n) is 4.64. The largest absolute Gasteiger partial charge is 0.353 e. The van der Waals surface area contributed by atoms with E-state index in [2.05, 4.69) is 20.5 Å². The second-order valence-corrected chi connectivity index (χ2v) is 7.26. The van der Waals surface area contributed by atoms with E-state index in [-0.39, 0.29) is 17.5 Å². The zero-order valence-corrected chi connectivity index (χ0v) is 13.6. The van der Waals surface area contributed by atoms with E-state index in [9.17, 15) is 9.59 Å². The summed E-state index contributed by atoms with van der Waals surface area (Å²) >= 11 is 1.52. The first-order valence-electron chi connectivity index (χ1n) is 8.10. The molecule has 1 aliphatic heterocycles. The summed E-state index contributed by atoms with van der Waals surface area (Å²) in [5.41, 5.74) is 0.403. The van der Waals surface area contributed by atoms with Gasteiger partial charge in [-0.25, -0.2) is 4.98 Å². The van der Waals surface area contributed by atoms with Crippen LogP contribution in [0.25, 0.3) is 11.0 Å². The average molecular weight is 333 g/mol. The number of amides is 1. The molecule has 2 aromatic rings. The zero-order valence-electron chi connectivity index (χ0n) is 12.7. The zero-order chi connectivity index (χ0) is 15.8. The van der Waals surface area contributed by atoms with Crippen molar-refractivity contribution in [3.8, 4) is 0 Å². The van der Waals surface area contributed by atoms with Crippen molar-refractivity contribution in [2.75, 3.05) is 5.75 Å². The molecule has 8 heteroatoms. The fourth-order valence-corrected chi connectivity index (χ4v) is 4.59. The molecule has 1 aliphatic carbocycles. The van der Waals surface area contributed by atoms with Crippen molar-refractivity contribution in [3.05, 3.63) is 16.6 Å². The highest BCUT2D eigenvalue weighted by molar-refractivity contribution is 7.99. The SMILES string of the molecule is O=C(CC1CSc2nc3[nH]ncc3c(=O)n21)NC1CCCCC1. The van der Waals surface area contributed by atoms with Crippen LogP contribution >= 0.6 is 11.8 Å². The van der Waals surface area contributed by atoms with Crippen LogP contribution < -0.4 is 10.9 Å². The number of carbonyl (C=O) groups is 1. The molecule has 7 nitrogen and oxygen atoms in total. The van der Waals surface area contributed by atoms with Gasteiger partial charge < -0.3 is 5.32 Å². The van der Waals surface area contributed by atoms with Crippen molar-refractivity contribution < 1.29 is 4.79 Å². The quantitative estimate of drug-likeness (QED) is 0.833. The highest BCUT2D eigenvalue weighted by Crippen LogP contribution is 2.32. The van der Waals surface area contributed by atoms with Crippen LogP contribution in [0.1, 0.15) is 44.6 Å². The third-order valence-corrected chi connectivity index (χ3v) is 5.74. The van der Waals surface area contributed by atoms with Crippen molar-refractivity contribution in [1.82, 2.24) is 25.1 Å². The maximum Gasteiger partial charge on any atom is 0.265 e. The van der Waals surface area contributed by atoms with Crippen LogP contribution in [0, 0.1) is 0 Å². The standard InChI is InChI=1S/C15H19N5O2S/c21-12(17-9-4-2-1-3-5-9)6-10-8-23-15-18-13-11(7-16-19-13)14(22)20(10)15/h7,9-10H,1-6,8H2,(H,16,19)(H,17,21). The second-order valence-electron chi connectivity index (χ2n) is 6.27. The predicted octanol–water partition coefficient (Wildman–Crippen LogP) is 1.61. The van der Waals surface area contributed by atoms with Crippen molar-refractivity contribution in [1.29, 1.82) is 0 Å². The van der Waals surface area contributed by atoms with Crippen molar-refractivity contribution >= 4 is 28.7 Å². The maximum atomic E-state index is 12.6. The van der Waals surface area contributed by atoms with Gasteiger partial charge >= 0.3 is 0 Å². The average Bonchev–Trinajstić information content (AvgIpc) is 3.16. The van der Waals surface area contributed by atoms with Crippen LogP contribution in [-0.4, -0.2) is 37.5 Å². The van der Waals surface area contributed by atoms with Crippen LogP contribution in [-0.2, 0) is 4.79 Å². The maximum absolute atomic E-state index is 12.6.